The normalized spacial score (nSPS) is 14.6. The molecule has 35 heavy (non-hydrogen) atoms. The Kier molecular flexibility index (Phi) is 8.21. The van der Waals surface area contributed by atoms with Crippen molar-refractivity contribution in [2.24, 2.45) is 0 Å². The molecule has 0 saturated carbocycles. The van der Waals surface area contributed by atoms with Crippen molar-refractivity contribution in [3.05, 3.63) is 97.3 Å². The summed E-state index contributed by atoms with van der Waals surface area (Å²) in [6.45, 7) is 4.97. The average Bonchev–Trinajstić information content (AvgIpc) is 3.08. The third-order valence-electron chi connectivity index (χ3n) is 5.26. The minimum atomic E-state index is -0.330. The van der Waals surface area contributed by atoms with Gasteiger partial charge in [-0.2, -0.15) is 0 Å². The summed E-state index contributed by atoms with van der Waals surface area (Å²) >= 11 is 10.4. The van der Waals surface area contributed by atoms with Crippen LogP contribution in [0.3, 0.4) is 0 Å². The molecule has 4 rings (SSSR count). The number of nitrogens with zero attached hydrogens (tertiary/aromatic N) is 1. The highest BCUT2D eigenvalue weighted by Crippen LogP contribution is 2.40. The number of hydrogen-bond donors (Lipinski definition) is 0. The molecule has 0 aliphatic carbocycles. The second-order valence-electron chi connectivity index (χ2n) is 7.93. The van der Waals surface area contributed by atoms with Crippen LogP contribution in [0.25, 0.3) is 6.08 Å². The van der Waals surface area contributed by atoms with Crippen molar-refractivity contribution in [2.45, 2.75) is 27.0 Å². The van der Waals surface area contributed by atoms with E-state index < -0.39 is 0 Å². The molecule has 0 atom stereocenters. The number of aryl methyl sites for hydroxylation is 1. The van der Waals surface area contributed by atoms with Gasteiger partial charge in [-0.05, 0) is 88.6 Å². The summed E-state index contributed by atoms with van der Waals surface area (Å²) in [5.74, 6) is 0.810. The number of hydrogen-bond acceptors (Lipinski definition) is 5. The Morgan fingerprint density at radius 3 is 2.37 bits per heavy atom. The first kappa shape index (κ1) is 25.4. The number of thioether (sulfide) groups is 1. The molecule has 1 aliphatic heterocycles. The summed E-state index contributed by atoms with van der Waals surface area (Å²) < 4.78 is 12.6. The first-order chi connectivity index (χ1) is 16.8. The lowest BCUT2D eigenvalue weighted by Gasteiger charge is -2.15. The molecule has 1 aliphatic rings. The van der Waals surface area contributed by atoms with Gasteiger partial charge in [0.1, 0.15) is 6.61 Å². The van der Waals surface area contributed by atoms with Gasteiger partial charge in [0.05, 0.1) is 22.5 Å². The molecule has 0 spiro atoms. The molecule has 2 amide bonds. The highest BCUT2D eigenvalue weighted by molar-refractivity contribution is 9.10. The molecule has 3 aromatic carbocycles. The minimum Gasteiger partial charge on any atom is -0.490 e. The van der Waals surface area contributed by atoms with E-state index >= 15 is 0 Å². The second kappa shape index (κ2) is 11.3. The van der Waals surface area contributed by atoms with Crippen molar-refractivity contribution in [2.75, 3.05) is 6.61 Å². The summed E-state index contributed by atoms with van der Waals surface area (Å²) in [6, 6.07) is 18.9. The molecule has 180 valence electrons. The zero-order valence-electron chi connectivity index (χ0n) is 19.2. The summed E-state index contributed by atoms with van der Waals surface area (Å²) in [6.07, 6.45) is 1.70. The van der Waals surface area contributed by atoms with Gasteiger partial charge in [-0.25, -0.2) is 0 Å². The van der Waals surface area contributed by atoms with Gasteiger partial charge in [-0.1, -0.05) is 53.6 Å². The van der Waals surface area contributed by atoms with Gasteiger partial charge in [0, 0.05) is 5.02 Å². The molecular weight excluding hydrogens is 550 g/mol. The number of imide groups is 1. The van der Waals surface area contributed by atoms with Crippen LogP contribution < -0.4 is 9.47 Å². The molecule has 5 nitrogen and oxygen atoms in total. The first-order valence-corrected chi connectivity index (χ1v) is 13.0. The minimum absolute atomic E-state index is 0.193. The van der Waals surface area contributed by atoms with E-state index in [1.807, 2.05) is 50.2 Å². The third-order valence-corrected chi connectivity index (χ3v) is 7.01. The van der Waals surface area contributed by atoms with Crippen LogP contribution in [0.4, 0.5) is 4.79 Å². The molecule has 0 bridgehead atoms. The van der Waals surface area contributed by atoms with Crippen LogP contribution in [0.1, 0.15) is 29.2 Å². The quantitative estimate of drug-likeness (QED) is 0.260. The first-order valence-electron chi connectivity index (χ1n) is 11.0. The number of rotatable bonds is 8. The molecule has 0 unspecified atom stereocenters. The van der Waals surface area contributed by atoms with Crippen LogP contribution in [-0.2, 0) is 17.9 Å². The molecule has 1 saturated heterocycles. The van der Waals surface area contributed by atoms with Gasteiger partial charge in [-0.3, -0.25) is 14.5 Å². The second-order valence-corrected chi connectivity index (χ2v) is 10.2. The molecule has 1 heterocycles. The monoisotopic (exact) mass is 571 g/mol. The van der Waals surface area contributed by atoms with E-state index in [9.17, 15) is 9.59 Å². The standard InChI is InChI=1S/C27H23BrClNO4S/c1-3-33-23-13-20(12-22(28)25(23)34-16-19-6-4-17(2)5-7-19)14-24-26(31)30(27(32)35-24)15-18-8-10-21(29)11-9-18/h4-14H,3,15-16H2,1-2H3. The highest BCUT2D eigenvalue weighted by atomic mass is 79.9. The number of halogens is 2. The Morgan fingerprint density at radius 1 is 1.00 bits per heavy atom. The average molecular weight is 573 g/mol. The summed E-state index contributed by atoms with van der Waals surface area (Å²) in [5, 5.41) is 0.295. The molecule has 1 fully saturated rings. The van der Waals surface area contributed by atoms with E-state index in [0.29, 0.717) is 39.1 Å². The Morgan fingerprint density at radius 2 is 1.69 bits per heavy atom. The fourth-order valence-corrected chi connectivity index (χ4v) is 5.01. The van der Waals surface area contributed by atoms with E-state index in [0.717, 1.165) is 28.5 Å². The molecule has 0 N–H and O–H groups in total. The van der Waals surface area contributed by atoms with Crippen LogP contribution in [0.15, 0.2) is 70.0 Å². The van der Waals surface area contributed by atoms with Crippen molar-refractivity contribution in [3.63, 3.8) is 0 Å². The summed E-state index contributed by atoms with van der Waals surface area (Å²) in [5.41, 5.74) is 3.78. The smallest absolute Gasteiger partial charge is 0.293 e. The van der Waals surface area contributed by atoms with Gasteiger partial charge in [0.2, 0.25) is 0 Å². The molecule has 0 radical (unpaired) electrons. The maximum absolute atomic E-state index is 13.0. The van der Waals surface area contributed by atoms with Crippen molar-refractivity contribution in [1.29, 1.82) is 0 Å². The SMILES string of the molecule is CCOc1cc(C=C2SC(=O)N(Cc3ccc(Cl)cc3)C2=O)cc(Br)c1OCc1ccc(C)cc1. The largest absolute Gasteiger partial charge is 0.490 e. The Labute approximate surface area is 222 Å². The maximum Gasteiger partial charge on any atom is 0.293 e. The van der Waals surface area contributed by atoms with Gasteiger partial charge < -0.3 is 9.47 Å². The van der Waals surface area contributed by atoms with Crippen molar-refractivity contribution >= 4 is 56.5 Å². The van der Waals surface area contributed by atoms with Crippen LogP contribution in [0, 0.1) is 6.92 Å². The van der Waals surface area contributed by atoms with Crippen LogP contribution in [0.2, 0.25) is 5.02 Å². The Bertz CT molecular complexity index is 1280. The lowest BCUT2D eigenvalue weighted by atomic mass is 10.1. The fourth-order valence-electron chi connectivity index (χ4n) is 3.47. The summed E-state index contributed by atoms with van der Waals surface area (Å²) in [7, 11) is 0. The van der Waals surface area contributed by atoms with Crippen molar-refractivity contribution < 1.29 is 19.1 Å². The van der Waals surface area contributed by atoms with Crippen LogP contribution in [0.5, 0.6) is 11.5 Å². The van der Waals surface area contributed by atoms with Gasteiger partial charge in [-0.15, -0.1) is 0 Å². The zero-order valence-corrected chi connectivity index (χ0v) is 22.4. The molecule has 3 aromatic rings. The lowest BCUT2D eigenvalue weighted by Crippen LogP contribution is -2.27. The fraction of sp³-hybridized carbons (Fsp3) is 0.185. The molecule has 8 heteroatoms. The highest BCUT2D eigenvalue weighted by Gasteiger charge is 2.35. The number of carbonyl (C=O) groups is 2. The Hall–Kier alpha value is -2.74. The number of carbonyl (C=O) groups excluding carboxylic acids is 2. The third kappa shape index (κ3) is 6.28. The van der Waals surface area contributed by atoms with Crippen LogP contribution in [-0.4, -0.2) is 22.7 Å². The maximum atomic E-state index is 13.0. The zero-order chi connectivity index (χ0) is 24.9. The summed E-state index contributed by atoms with van der Waals surface area (Å²) in [4.78, 5) is 27.1. The number of amides is 2. The van der Waals surface area contributed by atoms with Crippen molar-refractivity contribution in [1.82, 2.24) is 4.90 Å². The van der Waals surface area contributed by atoms with E-state index in [1.165, 1.54) is 10.5 Å². The van der Waals surface area contributed by atoms with E-state index in [2.05, 4.69) is 15.9 Å². The van der Waals surface area contributed by atoms with Crippen molar-refractivity contribution in [3.8, 4) is 11.5 Å². The van der Waals surface area contributed by atoms with Crippen LogP contribution >= 0.6 is 39.3 Å². The predicted octanol–water partition coefficient (Wildman–Crippen LogP) is 7.63. The molecule has 0 aromatic heterocycles. The predicted molar refractivity (Wildman–Crippen MR) is 144 cm³/mol. The van der Waals surface area contributed by atoms with E-state index in [4.69, 9.17) is 21.1 Å². The van der Waals surface area contributed by atoms with E-state index in [-0.39, 0.29) is 17.7 Å². The molecular formula is C27H23BrClNO4S. The van der Waals surface area contributed by atoms with Gasteiger partial charge in [0.15, 0.2) is 11.5 Å². The van der Waals surface area contributed by atoms with Gasteiger partial charge >= 0.3 is 0 Å². The van der Waals surface area contributed by atoms with E-state index in [1.54, 1.807) is 30.3 Å². The Balaban J connectivity index is 1.54. The number of ether oxygens (including phenoxy) is 2. The van der Waals surface area contributed by atoms with Gasteiger partial charge in [0.25, 0.3) is 11.1 Å². The lowest BCUT2D eigenvalue weighted by molar-refractivity contribution is -0.123. The topological polar surface area (TPSA) is 55.8 Å². The number of benzene rings is 3.